The number of carboxylic acid groups (broad SMARTS) is 1. The van der Waals surface area contributed by atoms with E-state index in [-0.39, 0.29) is 17.7 Å². The molecule has 0 aliphatic rings. The highest BCUT2D eigenvalue weighted by Gasteiger charge is 2.19. The zero-order valence-corrected chi connectivity index (χ0v) is 20.3. The van der Waals surface area contributed by atoms with E-state index in [4.69, 9.17) is 14.2 Å². The van der Waals surface area contributed by atoms with E-state index in [1.807, 2.05) is 61.5 Å². The van der Waals surface area contributed by atoms with Gasteiger partial charge in [0.15, 0.2) is 0 Å². The van der Waals surface area contributed by atoms with Gasteiger partial charge in [0.25, 0.3) is 0 Å². The number of ether oxygens (including phenoxy) is 3. The van der Waals surface area contributed by atoms with Crippen LogP contribution in [0.3, 0.4) is 0 Å². The Morgan fingerprint density at radius 2 is 1.66 bits per heavy atom. The monoisotopic (exact) mass is 477 g/mol. The van der Waals surface area contributed by atoms with Gasteiger partial charge in [-0.1, -0.05) is 36.4 Å². The quantitative estimate of drug-likeness (QED) is 0.388. The zero-order valence-electron chi connectivity index (χ0n) is 20.3. The standard InChI is InChI=1S/C28H31NO6/c1-29(2)18-25(35-28(32)23-11-7-10-22(17-23)27(30)31)19-34-26-13-5-4-9-21(26)15-14-20-8-6-12-24(16-20)33-3/h4-13,16-17,25H,14-15,18-19H2,1-3H3,(H,30,31)/t25-/m1/s1. The maximum Gasteiger partial charge on any atom is 0.338 e. The predicted octanol–water partition coefficient (Wildman–Crippen LogP) is 4.34. The van der Waals surface area contributed by atoms with Crippen LogP contribution in [0.4, 0.5) is 0 Å². The normalized spacial score (nSPS) is 11.7. The Labute approximate surface area is 205 Å². The molecule has 184 valence electrons. The highest BCUT2D eigenvalue weighted by molar-refractivity contribution is 5.94. The Bertz CT molecular complexity index is 1140. The number of benzene rings is 3. The SMILES string of the molecule is COc1cccc(CCc2ccccc2OC[C@@H](CN(C)C)OC(=O)c2cccc(C(=O)O)c2)c1. The Morgan fingerprint density at radius 1 is 0.914 bits per heavy atom. The Kier molecular flexibility index (Phi) is 9.26. The lowest BCUT2D eigenvalue weighted by Gasteiger charge is -2.22. The van der Waals surface area contributed by atoms with Crippen LogP contribution in [-0.4, -0.2) is 62.4 Å². The van der Waals surface area contributed by atoms with Crippen molar-refractivity contribution in [3.8, 4) is 11.5 Å². The molecule has 0 amide bonds. The van der Waals surface area contributed by atoms with Crippen LogP contribution in [0.15, 0.2) is 72.8 Å². The molecule has 0 radical (unpaired) electrons. The molecule has 0 saturated heterocycles. The summed E-state index contributed by atoms with van der Waals surface area (Å²) in [6.07, 6.45) is 1.06. The van der Waals surface area contributed by atoms with Gasteiger partial charge in [0, 0.05) is 6.54 Å². The van der Waals surface area contributed by atoms with E-state index in [1.54, 1.807) is 7.11 Å². The van der Waals surface area contributed by atoms with Crippen molar-refractivity contribution in [2.24, 2.45) is 0 Å². The molecule has 0 heterocycles. The lowest BCUT2D eigenvalue weighted by Crippen LogP contribution is -2.35. The average molecular weight is 478 g/mol. The van der Waals surface area contributed by atoms with Crippen molar-refractivity contribution in [3.63, 3.8) is 0 Å². The second-order valence-corrected chi connectivity index (χ2v) is 8.45. The van der Waals surface area contributed by atoms with Crippen molar-refractivity contribution >= 4 is 11.9 Å². The third kappa shape index (κ3) is 7.86. The molecular formula is C28H31NO6. The molecular weight excluding hydrogens is 446 g/mol. The summed E-state index contributed by atoms with van der Waals surface area (Å²) in [4.78, 5) is 25.8. The highest BCUT2D eigenvalue weighted by atomic mass is 16.6. The number of esters is 1. The fourth-order valence-electron chi connectivity index (χ4n) is 3.67. The van der Waals surface area contributed by atoms with E-state index in [0.717, 1.165) is 29.9 Å². The molecule has 0 saturated carbocycles. The number of carbonyl (C=O) groups is 2. The van der Waals surface area contributed by atoms with Crippen molar-refractivity contribution < 1.29 is 28.9 Å². The summed E-state index contributed by atoms with van der Waals surface area (Å²) >= 11 is 0. The summed E-state index contributed by atoms with van der Waals surface area (Å²) in [6.45, 7) is 0.620. The summed E-state index contributed by atoms with van der Waals surface area (Å²) in [7, 11) is 5.42. The number of aryl methyl sites for hydroxylation is 2. The number of hydrogen-bond donors (Lipinski definition) is 1. The second kappa shape index (κ2) is 12.6. The smallest absolute Gasteiger partial charge is 0.338 e. The van der Waals surface area contributed by atoms with Crippen molar-refractivity contribution in [1.29, 1.82) is 0 Å². The number of hydrogen-bond acceptors (Lipinski definition) is 6. The molecule has 0 aliphatic heterocycles. The molecule has 1 atom stereocenters. The van der Waals surface area contributed by atoms with Crippen molar-refractivity contribution in [3.05, 3.63) is 95.1 Å². The van der Waals surface area contributed by atoms with Crippen LogP contribution in [0.5, 0.6) is 11.5 Å². The third-order valence-electron chi connectivity index (χ3n) is 5.40. The van der Waals surface area contributed by atoms with Crippen molar-refractivity contribution in [2.75, 3.05) is 34.4 Å². The Hall–Kier alpha value is -3.84. The van der Waals surface area contributed by atoms with Gasteiger partial charge in [-0.15, -0.1) is 0 Å². The third-order valence-corrected chi connectivity index (χ3v) is 5.40. The average Bonchev–Trinajstić information content (AvgIpc) is 2.86. The minimum atomic E-state index is -1.10. The summed E-state index contributed by atoms with van der Waals surface area (Å²) in [5, 5.41) is 9.19. The topological polar surface area (TPSA) is 85.3 Å². The van der Waals surface area contributed by atoms with Crippen molar-refractivity contribution in [2.45, 2.75) is 18.9 Å². The number of likely N-dealkylation sites (N-methyl/N-ethyl adjacent to an activating group) is 1. The summed E-state index contributed by atoms with van der Waals surface area (Å²) in [5.41, 5.74) is 2.44. The van der Waals surface area contributed by atoms with E-state index in [0.29, 0.717) is 6.54 Å². The molecule has 0 aromatic heterocycles. The summed E-state index contributed by atoms with van der Waals surface area (Å²) in [6, 6.07) is 21.6. The lowest BCUT2D eigenvalue weighted by atomic mass is 10.0. The molecule has 3 rings (SSSR count). The van der Waals surface area contributed by atoms with Crippen LogP contribution in [0.25, 0.3) is 0 Å². The fourth-order valence-corrected chi connectivity index (χ4v) is 3.67. The van der Waals surface area contributed by atoms with Crippen LogP contribution in [0.2, 0.25) is 0 Å². The molecule has 7 heteroatoms. The van der Waals surface area contributed by atoms with Gasteiger partial charge < -0.3 is 24.2 Å². The first kappa shape index (κ1) is 25.8. The van der Waals surface area contributed by atoms with E-state index >= 15 is 0 Å². The molecule has 0 spiro atoms. The Balaban J connectivity index is 1.66. The number of para-hydroxylation sites is 1. The number of methoxy groups -OCH3 is 1. The van der Waals surface area contributed by atoms with Crippen LogP contribution in [0, 0.1) is 0 Å². The largest absolute Gasteiger partial charge is 0.497 e. The van der Waals surface area contributed by atoms with Gasteiger partial charge in [0.05, 0.1) is 18.2 Å². The van der Waals surface area contributed by atoms with E-state index in [2.05, 4.69) is 6.07 Å². The maximum atomic E-state index is 12.7. The van der Waals surface area contributed by atoms with E-state index in [9.17, 15) is 14.7 Å². The van der Waals surface area contributed by atoms with Crippen LogP contribution >= 0.6 is 0 Å². The van der Waals surface area contributed by atoms with E-state index in [1.165, 1.54) is 29.8 Å². The molecule has 3 aromatic carbocycles. The summed E-state index contributed by atoms with van der Waals surface area (Å²) in [5.74, 6) is -0.120. The van der Waals surface area contributed by atoms with Crippen LogP contribution in [-0.2, 0) is 17.6 Å². The lowest BCUT2D eigenvalue weighted by molar-refractivity contribution is 0.0103. The minimum Gasteiger partial charge on any atom is -0.497 e. The first-order valence-corrected chi connectivity index (χ1v) is 11.4. The molecule has 0 aliphatic carbocycles. The maximum absolute atomic E-state index is 12.7. The van der Waals surface area contributed by atoms with Crippen LogP contribution in [0.1, 0.15) is 31.8 Å². The van der Waals surface area contributed by atoms with Gasteiger partial charge in [0.2, 0.25) is 0 Å². The molecule has 0 fully saturated rings. The van der Waals surface area contributed by atoms with Crippen LogP contribution < -0.4 is 9.47 Å². The first-order valence-electron chi connectivity index (χ1n) is 11.4. The van der Waals surface area contributed by atoms with Gasteiger partial charge >= 0.3 is 11.9 Å². The molecule has 35 heavy (non-hydrogen) atoms. The fraction of sp³-hybridized carbons (Fsp3) is 0.286. The Morgan fingerprint density at radius 3 is 2.40 bits per heavy atom. The number of aromatic carboxylic acids is 1. The summed E-state index contributed by atoms with van der Waals surface area (Å²) < 4.78 is 17.1. The zero-order chi connectivity index (χ0) is 25.2. The molecule has 1 N–H and O–H groups in total. The number of nitrogens with zero attached hydrogens (tertiary/aromatic N) is 1. The van der Waals surface area contributed by atoms with Gasteiger partial charge in [-0.05, 0) is 74.5 Å². The van der Waals surface area contributed by atoms with Gasteiger partial charge in [-0.3, -0.25) is 0 Å². The molecule has 3 aromatic rings. The number of carboxylic acids is 1. The molecule has 7 nitrogen and oxygen atoms in total. The van der Waals surface area contributed by atoms with Gasteiger partial charge in [-0.2, -0.15) is 0 Å². The number of carbonyl (C=O) groups excluding carboxylic acids is 1. The van der Waals surface area contributed by atoms with Crippen molar-refractivity contribution in [1.82, 2.24) is 4.90 Å². The van der Waals surface area contributed by atoms with Gasteiger partial charge in [0.1, 0.15) is 24.2 Å². The number of rotatable bonds is 12. The highest BCUT2D eigenvalue weighted by Crippen LogP contribution is 2.22. The predicted molar refractivity (Wildman–Crippen MR) is 133 cm³/mol. The molecule has 0 unspecified atom stereocenters. The first-order chi connectivity index (χ1) is 16.9. The molecule has 0 bridgehead atoms. The second-order valence-electron chi connectivity index (χ2n) is 8.45. The minimum absolute atomic E-state index is 0.0322. The van der Waals surface area contributed by atoms with Gasteiger partial charge in [-0.25, -0.2) is 9.59 Å². The van der Waals surface area contributed by atoms with E-state index < -0.39 is 18.0 Å².